The van der Waals surface area contributed by atoms with Gasteiger partial charge < -0.3 is 34.1 Å². The number of benzene rings is 1. The van der Waals surface area contributed by atoms with Crippen LogP contribution in [-0.4, -0.2) is 68.3 Å². The quantitative estimate of drug-likeness (QED) is 0.445. The van der Waals surface area contributed by atoms with Crippen molar-refractivity contribution in [3.63, 3.8) is 0 Å². The topological polar surface area (TPSA) is 107 Å². The molecule has 1 aliphatic rings. The van der Waals surface area contributed by atoms with Gasteiger partial charge in [-0.3, -0.25) is 0 Å². The Hall–Kier alpha value is -3.43. The monoisotopic (exact) mass is 477 g/mol. The van der Waals surface area contributed by atoms with E-state index >= 15 is 0 Å². The van der Waals surface area contributed by atoms with E-state index in [1.165, 1.54) is 16.7 Å². The maximum absolute atomic E-state index is 12.0. The summed E-state index contributed by atoms with van der Waals surface area (Å²) < 4.78 is 19.8. The molecule has 2 rings (SSSR count). The van der Waals surface area contributed by atoms with Gasteiger partial charge in [-0.05, 0) is 52.7 Å². The van der Waals surface area contributed by atoms with Gasteiger partial charge in [0.25, 0.3) is 0 Å². The number of carbonyl (C=O) groups is 3. The maximum atomic E-state index is 12.0. The lowest BCUT2D eigenvalue weighted by molar-refractivity contribution is -0.144. The van der Waals surface area contributed by atoms with Crippen LogP contribution in [0.15, 0.2) is 24.5 Å². The van der Waals surface area contributed by atoms with Crippen molar-refractivity contribution in [3.8, 4) is 0 Å². The average molecular weight is 478 g/mol. The Morgan fingerprint density at radius 3 is 2.29 bits per heavy atom. The number of nitrogens with one attached hydrogen (secondary N) is 1. The Bertz CT molecular complexity index is 901. The molecule has 34 heavy (non-hydrogen) atoms. The minimum absolute atomic E-state index is 0.0886. The molecule has 1 N–H and O–H groups in total. The van der Waals surface area contributed by atoms with E-state index in [2.05, 4.69) is 47.9 Å². The lowest BCUT2D eigenvalue weighted by Gasteiger charge is -2.24. The molecule has 0 spiro atoms. The maximum Gasteiger partial charge on any atom is 0.508 e. The van der Waals surface area contributed by atoms with Crippen LogP contribution in [-0.2, 0) is 23.7 Å². The number of methoxy groups -OCH3 is 1. The van der Waals surface area contributed by atoms with Crippen molar-refractivity contribution in [1.29, 1.82) is 0 Å². The Morgan fingerprint density at radius 2 is 1.71 bits per heavy atom. The summed E-state index contributed by atoms with van der Waals surface area (Å²) in [5.74, 6) is -0.775. The summed E-state index contributed by atoms with van der Waals surface area (Å²) in [6, 6.07) is 3.08. The highest BCUT2D eigenvalue weighted by Crippen LogP contribution is 2.28. The van der Waals surface area contributed by atoms with Crippen molar-refractivity contribution in [1.82, 2.24) is 10.2 Å². The highest BCUT2D eigenvalue weighted by molar-refractivity contribution is 5.81. The van der Waals surface area contributed by atoms with Gasteiger partial charge in [-0.1, -0.05) is 17.7 Å². The molecule has 1 atom stereocenters. The molecule has 0 aliphatic carbocycles. The fraction of sp³-hybridized carbons (Fsp3) is 0.542. The van der Waals surface area contributed by atoms with Crippen LogP contribution < -0.4 is 10.2 Å². The number of esters is 1. The number of amides is 1. The molecule has 188 valence electrons. The molecule has 10 heteroatoms. The molecular weight excluding hydrogens is 442 g/mol. The largest absolute Gasteiger partial charge is 0.508 e. The molecule has 0 aromatic heterocycles. The third-order valence-corrected chi connectivity index (χ3v) is 4.86. The highest BCUT2D eigenvalue weighted by atomic mass is 16.7. The van der Waals surface area contributed by atoms with Crippen LogP contribution in [0.1, 0.15) is 37.5 Å². The van der Waals surface area contributed by atoms with Crippen molar-refractivity contribution < 1.29 is 33.3 Å². The number of hydrogen-bond acceptors (Lipinski definition) is 9. The number of nitrogens with zero attached hydrogens (tertiary/aromatic N) is 2. The summed E-state index contributed by atoms with van der Waals surface area (Å²) >= 11 is 0. The van der Waals surface area contributed by atoms with E-state index in [0.717, 1.165) is 12.8 Å². The van der Waals surface area contributed by atoms with Crippen molar-refractivity contribution in [2.45, 2.75) is 53.2 Å². The number of alkyl carbamates (subject to hydrolysis) is 1. The number of rotatable bonds is 8. The Morgan fingerprint density at radius 1 is 1.06 bits per heavy atom. The highest BCUT2D eigenvalue weighted by Gasteiger charge is 2.27. The smallest absolute Gasteiger partial charge is 0.467 e. The number of anilines is 1. The molecule has 1 aliphatic heterocycles. The minimum Gasteiger partial charge on any atom is -0.467 e. The van der Waals surface area contributed by atoms with Gasteiger partial charge in [-0.15, -0.1) is 0 Å². The first-order valence-electron chi connectivity index (χ1n) is 11.0. The van der Waals surface area contributed by atoms with Gasteiger partial charge in [-0.2, -0.15) is 0 Å². The Labute approximate surface area is 200 Å². The second-order valence-corrected chi connectivity index (χ2v) is 9.10. The van der Waals surface area contributed by atoms with E-state index in [1.54, 1.807) is 20.8 Å². The van der Waals surface area contributed by atoms with E-state index in [0.29, 0.717) is 13.2 Å². The van der Waals surface area contributed by atoms with Crippen LogP contribution >= 0.6 is 0 Å². The molecule has 0 radical (unpaired) electrons. The normalized spacial score (nSPS) is 14.0. The first kappa shape index (κ1) is 26.8. The van der Waals surface area contributed by atoms with Gasteiger partial charge in [0.1, 0.15) is 18.8 Å². The van der Waals surface area contributed by atoms with Crippen molar-refractivity contribution in [2.24, 2.45) is 0 Å². The van der Waals surface area contributed by atoms with E-state index in [9.17, 15) is 14.4 Å². The molecule has 1 aromatic carbocycles. The average Bonchev–Trinajstić information content (AvgIpc) is 3.16. The number of aryl methyl sites for hydroxylation is 3. The van der Waals surface area contributed by atoms with Crippen molar-refractivity contribution in [2.75, 3.05) is 38.4 Å². The van der Waals surface area contributed by atoms with E-state index in [4.69, 9.17) is 14.2 Å². The van der Waals surface area contributed by atoms with Crippen LogP contribution in [0.3, 0.4) is 0 Å². The predicted octanol–water partition coefficient (Wildman–Crippen LogP) is 3.38. The Balaban J connectivity index is 1.77. The molecule has 10 nitrogen and oxygen atoms in total. The molecule has 1 heterocycles. The van der Waals surface area contributed by atoms with Gasteiger partial charge >= 0.3 is 18.2 Å². The lowest BCUT2D eigenvalue weighted by atomic mass is 10.0. The summed E-state index contributed by atoms with van der Waals surface area (Å²) in [5, 5.41) is 2.32. The Kier molecular flexibility index (Phi) is 9.17. The first-order valence-corrected chi connectivity index (χ1v) is 11.0. The molecule has 0 fully saturated rings. The molecule has 0 unspecified atom stereocenters. The molecule has 0 saturated heterocycles. The zero-order valence-corrected chi connectivity index (χ0v) is 21.0. The van der Waals surface area contributed by atoms with Crippen LogP contribution in [0.25, 0.3) is 0 Å². The zero-order chi connectivity index (χ0) is 25.5. The summed E-state index contributed by atoms with van der Waals surface area (Å²) in [7, 11) is 1.16. The molecular formula is C24H35N3O7. The number of hydrogen-bond donors (Lipinski definition) is 1. The van der Waals surface area contributed by atoms with Crippen molar-refractivity contribution in [3.05, 3.63) is 41.2 Å². The van der Waals surface area contributed by atoms with Gasteiger partial charge in [0.05, 0.1) is 20.3 Å². The van der Waals surface area contributed by atoms with Gasteiger partial charge in [0, 0.05) is 18.1 Å². The minimum atomic E-state index is -1.22. The molecule has 0 bridgehead atoms. The van der Waals surface area contributed by atoms with Crippen LogP contribution in [0.2, 0.25) is 0 Å². The van der Waals surface area contributed by atoms with E-state index in [1.807, 2.05) is 17.3 Å². The fourth-order valence-electron chi connectivity index (χ4n) is 3.58. The molecule has 1 amide bonds. The van der Waals surface area contributed by atoms with Gasteiger partial charge in [-0.25, -0.2) is 14.4 Å². The third kappa shape index (κ3) is 8.17. The molecule has 0 saturated carbocycles. The standard InChI is InChI=1S/C24H35N3O7/c1-16-12-17(2)20(18(3)13-16)27-9-8-26(15-27)10-11-32-23(30)33-14-19(21(28)31-7)25-22(29)34-24(4,5)6/h8-9,12-13,19H,10-11,14-15H2,1-7H3,(H,25,29)/t19-/m1/s1. The second kappa shape index (κ2) is 11.6. The van der Waals surface area contributed by atoms with Crippen LogP contribution in [0, 0.1) is 20.8 Å². The van der Waals surface area contributed by atoms with E-state index < -0.39 is 36.5 Å². The fourth-order valence-corrected chi connectivity index (χ4v) is 3.58. The summed E-state index contributed by atoms with van der Waals surface area (Å²) in [6.07, 6.45) is 2.15. The van der Waals surface area contributed by atoms with Gasteiger partial charge in [0.15, 0.2) is 6.04 Å². The lowest BCUT2D eigenvalue weighted by Crippen LogP contribution is -2.47. The third-order valence-electron chi connectivity index (χ3n) is 4.86. The van der Waals surface area contributed by atoms with Crippen LogP contribution in [0.4, 0.5) is 15.3 Å². The van der Waals surface area contributed by atoms with Crippen LogP contribution in [0.5, 0.6) is 0 Å². The van der Waals surface area contributed by atoms with Crippen molar-refractivity contribution >= 4 is 23.9 Å². The first-order chi connectivity index (χ1) is 15.9. The molecule has 1 aromatic rings. The van der Waals surface area contributed by atoms with E-state index in [-0.39, 0.29) is 6.61 Å². The predicted molar refractivity (Wildman–Crippen MR) is 126 cm³/mol. The summed E-state index contributed by atoms with van der Waals surface area (Å²) in [4.78, 5) is 39.9. The summed E-state index contributed by atoms with van der Waals surface area (Å²) in [6.45, 7) is 12.0. The number of carbonyl (C=O) groups excluding carboxylic acids is 3. The summed E-state index contributed by atoms with van der Waals surface area (Å²) in [5.41, 5.74) is 4.03. The van der Waals surface area contributed by atoms with Gasteiger partial charge in [0.2, 0.25) is 0 Å². The zero-order valence-electron chi connectivity index (χ0n) is 21.0. The second-order valence-electron chi connectivity index (χ2n) is 9.10. The number of ether oxygens (including phenoxy) is 4. The SMILES string of the molecule is COC(=O)[C@@H](COC(=O)OCCN1C=CN(c2c(C)cc(C)cc2C)C1)NC(=O)OC(C)(C)C.